The molecule has 0 radical (unpaired) electrons. The molecule has 108 valence electrons. The average molecular weight is 304 g/mol. The molecule has 0 saturated heterocycles. The quantitative estimate of drug-likeness (QED) is 0.947. The number of sulfonamides is 1. The van der Waals surface area contributed by atoms with Crippen molar-refractivity contribution in [2.75, 3.05) is 4.72 Å². The second-order valence-electron chi connectivity index (χ2n) is 4.61. The third-order valence-corrected chi connectivity index (χ3v) is 4.50. The molecule has 0 aliphatic heterocycles. The number of benzene rings is 2. The molecule has 0 fully saturated rings. The highest BCUT2D eigenvalue weighted by Crippen LogP contribution is 2.22. The standard InChI is InChI=1S/C15H13FN2O2S/c1-10-8-13(7-6-12(10)9-17)21(19,20)18-15-5-3-4-14(16)11(15)2/h3-8,18H,1-2H3. The highest BCUT2D eigenvalue weighted by Gasteiger charge is 2.17. The molecule has 0 atom stereocenters. The predicted molar refractivity (Wildman–Crippen MR) is 77.8 cm³/mol. The van der Waals surface area contributed by atoms with Crippen LogP contribution in [-0.2, 0) is 10.0 Å². The van der Waals surface area contributed by atoms with E-state index in [4.69, 9.17) is 5.26 Å². The Morgan fingerprint density at radius 3 is 2.52 bits per heavy atom. The Labute approximate surface area is 122 Å². The Bertz CT molecular complexity index is 839. The fourth-order valence-electron chi connectivity index (χ4n) is 1.85. The van der Waals surface area contributed by atoms with Gasteiger partial charge in [0.15, 0.2) is 0 Å². The summed E-state index contributed by atoms with van der Waals surface area (Å²) in [6.45, 7) is 3.15. The van der Waals surface area contributed by atoms with Crippen LogP contribution in [0.1, 0.15) is 16.7 Å². The minimum atomic E-state index is -3.83. The molecule has 1 N–H and O–H groups in total. The number of rotatable bonds is 3. The lowest BCUT2D eigenvalue weighted by atomic mass is 10.1. The van der Waals surface area contributed by atoms with E-state index in [1.807, 2.05) is 6.07 Å². The van der Waals surface area contributed by atoms with Gasteiger partial charge in [0.2, 0.25) is 0 Å². The van der Waals surface area contributed by atoms with Crippen LogP contribution in [0.25, 0.3) is 0 Å². The summed E-state index contributed by atoms with van der Waals surface area (Å²) in [5, 5.41) is 8.86. The first-order valence-corrected chi connectivity index (χ1v) is 7.62. The molecule has 0 bridgehead atoms. The van der Waals surface area contributed by atoms with Gasteiger partial charge in [-0.25, -0.2) is 12.8 Å². The van der Waals surface area contributed by atoms with Crippen molar-refractivity contribution in [2.24, 2.45) is 0 Å². The molecule has 0 aliphatic rings. The molecule has 2 rings (SSSR count). The Morgan fingerprint density at radius 1 is 1.19 bits per heavy atom. The zero-order valence-electron chi connectivity index (χ0n) is 11.5. The Balaban J connectivity index is 2.41. The third-order valence-electron chi connectivity index (χ3n) is 3.14. The van der Waals surface area contributed by atoms with Gasteiger partial charge in [0.25, 0.3) is 10.0 Å². The SMILES string of the molecule is Cc1cc(S(=O)(=O)Nc2cccc(F)c2C)ccc1C#N. The zero-order chi connectivity index (χ0) is 15.6. The molecule has 0 saturated carbocycles. The Hall–Kier alpha value is -2.39. The summed E-state index contributed by atoms with van der Waals surface area (Å²) in [4.78, 5) is 0.0302. The fourth-order valence-corrected chi connectivity index (χ4v) is 3.06. The molecule has 4 nitrogen and oxygen atoms in total. The number of nitrogens with zero attached hydrogens (tertiary/aromatic N) is 1. The lowest BCUT2D eigenvalue weighted by Crippen LogP contribution is -2.14. The van der Waals surface area contributed by atoms with Crippen molar-refractivity contribution in [3.05, 3.63) is 58.9 Å². The van der Waals surface area contributed by atoms with Gasteiger partial charge in [0.1, 0.15) is 5.82 Å². The van der Waals surface area contributed by atoms with Crippen molar-refractivity contribution in [3.63, 3.8) is 0 Å². The lowest BCUT2D eigenvalue weighted by Gasteiger charge is -2.11. The number of hydrogen-bond donors (Lipinski definition) is 1. The first-order chi connectivity index (χ1) is 9.85. The normalized spacial score (nSPS) is 11.0. The largest absolute Gasteiger partial charge is 0.279 e. The first kappa shape index (κ1) is 15.0. The van der Waals surface area contributed by atoms with Gasteiger partial charge in [-0.1, -0.05) is 6.07 Å². The van der Waals surface area contributed by atoms with Gasteiger partial charge in [-0.15, -0.1) is 0 Å². The number of hydrogen-bond acceptors (Lipinski definition) is 3. The van der Waals surface area contributed by atoms with Crippen LogP contribution in [0.4, 0.5) is 10.1 Å². The maximum Gasteiger partial charge on any atom is 0.261 e. The monoisotopic (exact) mass is 304 g/mol. The van der Waals surface area contributed by atoms with Crippen LogP contribution < -0.4 is 4.72 Å². The van der Waals surface area contributed by atoms with E-state index >= 15 is 0 Å². The van der Waals surface area contributed by atoms with E-state index in [2.05, 4.69) is 4.72 Å². The van der Waals surface area contributed by atoms with Crippen LogP contribution >= 0.6 is 0 Å². The summed E-state index contributed by atoms with van der Waals surface area (Å²) < 4.78 is 40.4. The van der Waals surface area contributed by atoms with Crippen molar-refractivity contribution in [1.29, 1.82) is 5.26 Å². The van der Waals surface area contributed by atoms with Gasteiger partial charge < -0.3 is 0 Å². The second-order valence-corrected chi connectivity index (χ2v) is 6.29. The minimum Gasteiger partial charge on any atom is -0.279 e. The summed E-state index contributed by atoms with van der Waals surface area (Å²) in [6.07, 6.45) is 0. The molecule has 0 amide bonds. The van der Waals surface area contributed by atoms with Gasteiger partial charge in [-0.05, 0) is 49.7 Å². The van der Waals surface area contributed by atoms with Crippen LogP contribution in [-0.4, -0.2) is 8.42 Å². The van der Waals surface area contributed by atoms with E-state index in [0.29, 0.717) is 11.1 Å². The van der Waals surface area contributed by atoms with E-state index in [0.717, 1.165) is 0 Å². The molecule has 6 heteroatoms. The minimum absolute atomic E-state index is 0.0302. The molecule has 2 aromatic rings. The zero-order valence-corrected chi connectivity index (χ0v) is 12.3. The van der Waals surface area contributed by atoms with E-state index in [1.54, 1.807) is 6.92 Å². The van der Waals surface area contributed by atoms with Gasteiger partial charge in [-0.3, -0.25) is 4.72 Å². The summed E-state index contributed by atoms with van der Waals surface area (Å²) >= 11 is 0. The lowest BCUT2D eigenvalue weighted by molar-refractivity contribution is 0.600. The molecule has 0 aliphatic carbocycles. The topological polar surface area (TPSA) is 70.0 Å². The number of anilines is 1. The molecular weight excluding hydrogens is 291 g/mol. The molecular formula is C15H13FN2O2S. The van der Waals surface area contributed by atoms with Crippen LogP contribution in [0.15, 0.2) is 41.3 Å². The van der Waals surface area contributed by atoms with Gasteiger partial charge in [0.05, 0.1) is 22.2 Å². The third kappa shape index (κ3) is 3.03. The van der Waals surface area contributed by atoms with Crippen molar-refractivity contribution in [3.8, 4) is 6.07 Å². The maximum absolute atomic E-state index is 13.4. The van der Waals surface area contributed by atoms with Gasteiger partial charge in [-0.2, -0.15) is 5.26 Å². The number of nitriles is 1. The van der Waals surface area contributed by atoms with Gasteiger partial charge in [0, 0.05) is 5.56 Å². The van der Waals surface area contributed by atoms with Crippen LogP contribution in [0.3, 0.4) is 0 Å². The first-order valence-electron chi connectivity index (χ1n) is 6.14. The highest BCUT2D eigenvalue weighted by molar-refractivity contribution is 7.92. The van der Waals surface area contributed by atoms with Crippen molar-refractivity contribution in [1.82, 2.24) is 0 Å². The molecule has 0 aromatic heterocycles. The number of aryl methyl sites for hydroxylation is 1. The van der Waals surface area contributed by atoms with Crippen LogP contribution in [0.5, 0.6) is 0 Å². The van der Waals surface area contributed by atoms with Crippen molar-refractivity contribution in [2.45, 2.75) is 18.7 Å². The summed E-state index contributed by atoms with van der Waals surface area (Å²) in [7, 11) is -3.83. The average Bonchev–Trinajstić information content (AvgIpc) is 2.43. The predicted octanol–water partition coefficient (Wildman–Crippen LogP) is 3.12. The van der Waals surface area contributed by atoms with Crippen molar-refractivity contribution < 1.29 is 12.8 Å². The fraction of sp³-hybridized carbons (Fsp3) is 0.133. The Kier molecular flexibility index (Phi) is 3.96. The molecule has 2 aromatic carbocycles. The maximum atomic E-state index is 13.4. The summed E-state index contributed by atoms with van der Waals surface area (Å²) in [5.74, 6) is -0.480. The van der Waals surface area contributed by atoms with E-state index in [9.17, 15) is 12.8 Å². The smallest absolute Gasteiger partial charge is 0.261 e. The molecule has 21 heavy (non-hydrogen) atoms. The number of nitrogens with one attached hydrogen (secondary N) is 1. The van der Waals surface area contributed by atoms with Crippen LogP contribution in [0, 0.1) is 31.0 Å². The van der Waals surface area contributed by atoms with E-state index in [1.165, 1.54) is 43.3 Å². The molecule has 0 heterocycles. The van der Waals surface area contributed by atoms with Crippen LogP contribution in [0.2, 0.25) is 0 Å². The molecule has 0 spiro atoms. The second kappa shape index (κ2) is 5.54. The summed E-state index contributed by atoms with van der Waals surface area (Å²) in [5.41, 5.74) is 1.40. The Morgan fingerprint density at radius 2 is 1.90 bits per heavy atom. The number of halogens is 1. The van der Waals surface area contributed by atoms with E-state index < -0.39 is 15.8 Å². The van der Waals surface area contributed by atoms with E-state index in [-0.39, 0.29) is 16.1 Å². The van der Waals surface area contributed by atoms with Gasteiger partial charge >= 0.3 is 0 Å². The van der Waals surface area contributed by atoms with Crippen molar-refractivity contribution >= 4 is 15.7 Å². The summed E-state index contributed by atoms with van der Waals surface area (Å²) in [6, 6.07) is 10.4. The molecule has 0 unspecified atom stereocenters. The highest BCUT2D eigenvalue weighted by atomic mass is 32.2.